The molecule has 2 aliphatic rings. The summed E-state index contributed by atoms with van der Waals surface area (Å²) in [5.74, 6) is 0.105. The van der Waals surface area contributed by atoms with Gasteiger partial charge in [0.1, 0.15) is 11.2 Å². The highest BCUT2D eigenvalue weighted by Crippen LogP contribution is 2.54. The number of nitrogens with zero attached hydrogens (tertiary/aromatic N) is 3. The molecule has 3 heterocycles. The maximum atomic E-state index is 13.3. The van der Waals surface area contributed by atoms with Crippen LogP contribution in [0.5, 0.6) is 0 Å². The van der Waals surface area contributed by atoms with Crippen LogP contribution in [0.15, 0.2) is 18.3 Å². The van der Waals surface area contributed by atoms with E-state index >= 15 is 0 Å². The molecule has 6 nitrogen and oxygen atoms in total. The molecule has 1 N–H and O–H groups in total. The molecule has 25 heavy (non-hydrogen) atoms. The van der Waals surface area contributed by atoms with Crippen molar-refractivity contribution in [1.82, 2.24) is 9.78 Å². The van der Waals surface area contributed by atoms with Gasteiger partial charge in [-0.3, -0.25) is 9.59 Å². The number of hydrogen-bond acceptors (Lipinski definition) is 3. The molecule has 2 aromatic rings. The third-order valence-electron chi connectivity index (χ3n) is 4.92. The maximum Gasteiger partial charge on any atom is 0.242 e. The van der Waals surface area contributed by atoms with Crippen molar-refractivity contribution in [3.63, 3.8) is 0 Å². The van der Waals surface area contributed by atoms with E-state index in [0.717, 1.165) is 0 Å². The number of aromatic nitrogens is 2. The molecule has 8 heteroatoms. The van der Waals surface area contributed by atoms with E-state index in [2.05, 4.69) is 10.4 Å². The Bertz CT molecular complexity index is 937. The van der Waals surface area contributed by atoms with Gasteiger partial charge in [0.2, 0.25) is 11.8 Å². The summed E-state index contributed by atoms with van der Waals surface area (Å²) >= 11 is 12.6. The molecule has 2 aliphatic heterocycles. The summed E-state index contributed by atoms with van der Waals surface area (Å²) in [6, 6.07) is 3.34. The quantitative estimate of drug-likeness (QED) is 0.826. The number of amides is 2. The number of anilines is 2. The van der Waals surface area contributed by atoms with E-state index in [4.69, 9.17) is 23.2 Å². The van der Waals surface area contributed by atoms with Crippen LogP contribution in [0.1, 0.15) is 37.4 Å². The van der Waals surface area contributed by atoms with E-state index in [1.165, 1.54) is 4.90 Å². The van der Waals surface area contributed by atoms with Crippen LogP contribution in [0, 0.1) is 0 Å². The first kappa shape index (κ1) is 16.4. The Morgan fingerprint density at radius 1 is 1.28 bits per heavy atom. The molecule has 1 spiro atoms. The van der Waals surface area contributed by atoms with Gasteiger partial charge < -0.3 is 10.2 Å². The number of carbonyl (C=O) groups is 2. The lowest BCUT2D eigenvalue weighted by atomic mass is 9.71. The highest BCUT2D eigenvalue weighted by atomic mass is 35.5. The number of rotatable bonds is 1. The SMILES string of the molecule is CC(C)n1ncc2c1NC(=O)CC21C(=O)N(C)c2cc(Cl)cc(Cl)c21. The fourth-order valence-corrected chi connectivity index (χ4v) is 4.51. The van der Waals surface area contributed by atoms with Gasteiger partial charge in [-0.25, -0.2) is 4.68 Å². The fourth-order valence-electron chi connectivity index (χ4n) is 3.87. The van der Waals surface area contributed by atoms with E-state index in [1.807, 2.05) is 13.8 Å². The number of hydrogen-bond donors (Lipinski definition) is 1. The normalized spacial score (nSPS) is 21.8. The van der Waals surface area contributed by atoms with Gasteiger partial charge in [0.25, 0.3) is 0 Å². The van der Waals surface area contributed by atoms with Crippen molar-refractivity contribution in [3.8, 4) is 0 Å². The smallest absolute Gasteiger partial charge is 0.242 e. The molecule has 1 unspecified atom stereocenters. The summed E-state index contributed by atoms with van der Waals surface area (Å²) in [7, 11) is 1.67. The van der Waals surface area contributed by atoms with E-state index in [-0.39, 0.29) is 24.3 Å². The van der Waals surface area contributed by atoms with Crippen molar-refractivity contribution < 1.29 is 9.59 Å². The minimum Gasteiger partial charge on any atom is -0.314 e. The predicted octanol–water partition coefficient (Wildman–Crippen LogP) is 3.38. The van der Waals surface area contributed by atoms with Gasteiger partial charge >= 0.3 is 0 Å². The lowest BCUT2D eigenvalue weighted by Gasteiger charge is -2.32. The summed E-state index contributed by atoms with van der Waals surface area (Å²) in [5, 5.41) is 8.07. The molecular weight excluding hydrogens is 363 g/mol. The zero-order chi connectivity index (χ0) is 18.1. The molecule has 0 fully saturated rings. The zero-order valence-electron chi connectivity index (χ0n) is 13.9. The average molecular weight is 379 g/mol. The maximum absolute atomic E-state index is 13.3. The number of benzene rings is 1. The van der Waals surface area contributed by atoms with E-state index < -0.39 is 5.41 Å². The molecular formula is C17H16Cl2N4O2. The van der Waals surface area contributed by atoms with Gasteiger partial charge in [-0.15, -0.1) is 0 Å². The molecule has 0 saturated carbocycles. The second-order valence-corrected chi connectivity index (χ2v) is 7.56. The number of nitrogens with one attached hydrogen (secondary N) is 1. The molecule has 0 saturated heterocycles. The summed E-state index contributed by atoms with van der Waals surface area (Å²) in [6.45, 7) is 3.92. The van der Waals surface area contributed by atoms with Gasteiger partial charge in [-0.1, -0.05) is 23.2 Å². The predicted molar refractivity (Wildman–Crippen MR) is 96.5 cm³/mol. The summed E-state index contributed by atoms with van der Waals surface area (Å²) < 4.78 is 1.71. The minimum absolute atomic E-state index is 0.0126. The number of fused-ring (bicyclic) bond motifs is 4. The van der Waals surface area contributed by atoms with Crippen LogP contribution in [-0.2, 0) is 15.0 Å². The van der Waals surface area contributed by atoms with Crippen LogP contribution in [0.4, 0.5) is 11.5 Å². The summed E-state index contributed by atoms with van der Waals surface area (Å²) in [4.78, 5) is 27.3. The van der Waals surface area contributed by atoms with Crippen LogP contribution in [0.25, 0.3) is 0 Å². The molecule has 0 radical (unpaired) electrons. The van der Waals surface area contributed by atoms with E-state index in [1.54, 1.807) is 30.1 Å². The van der Waals surface area contributed by atoms with Crippen molar-refractivity contribution >= 4 is 46.5 Å². The fraction of sp³-hybridized carbons (Fsp3) is 0.353. The Balaban J connectivity index is 2.08. The second-order valence-electron chi connectivity index (χ2n) is 6.72. The molecule has 0 aliphatic carbocycles. The molecule has 130 valence electrons. The Morgan fingerprint density at radius 2 is 2.00 bits per heavy atom. The first-order valence-corrected chi connectivity index (χ1v) is 8.68. The van der Waals surface area contributed by atoms with E-state index in [0.29, 0.717) is 32.7 Å². The van der Waals surface area contributed by atoms with Crippen LogP contribution in [0.2, 0.25) is 10.0 Å². The van der Waals surface area contributed by atoms with Crippen LogP contribution in [0.3, 0.4) is 0 Å². The zero-order valence-corrected chi connectivity index (χ0v) is 15.4. The van der Waals surface area contributed by atoms with Gasteiger partial charge in [0.05, 0.1) is 11.9 Å². The van der Waals surface area contributed by atoms with Crippen molar-refractivity contribution in [2.75, 3.05) is 17.3 Å². The third-order valence-corrected chi connectivity index (χ3v) is 5.44. The Hall–Kier alpha value is -2.05. The Labute approximate surface area is 154 Å². The van der Waals surface area contributed by atoms with Crippen molar-refractivity contribution in [1.29, 1.82) is 0 Å². The largest absolute Gasteiger partial charge is 0.314 e. The van der Waals surface area contributed by atoms with Gasteiger partial charge in [-0.2, -0.15) is 5.10 Å². The monoisotopic (exact) mass is 378 g/mol. The van der Waals surface area contributed by atoms with Crippen molar-refractivity contribution in [2.24, 2.45) is 0 Å². The summed E-state index contributed by atoms with van der Waals surface area (Å²) in [5.41, 5.74) is 0.739. The van der Waals surface area contributed by atoms with Crippen LogP contribution < -0.4 is 10.2 Å². The van der Waals surface area contributed by atoms with Gasteiger partial charge in [-0.05, 0) is 26.0 Å². The number of carbonyl (C=O) groups excluding carboxylic acids is 2. The summed E-state index contributed by atoms with van der Waals surface area (Å²) in [6.07, 6.45) is 1.64. The molecule has 1 atom stereocenters. The second kappa shape index (κ2) is 5.22. The van der Waals surface area contributed by atoms with Gasteiger partial charge in [0.15, 0.2) is 0 Å². The standard InChI is InChI=1S/C17H16Cl2N4O2/c1-8(2)23-15-10(7-20-23)17(6-13(24)21-15)14-11(19)4-9(18)5-12(14)22(3)16(17)25/h4-5,7-8H,6H2,1-3H3,(H,21,24). The molecule has 0 bridgehead atoms. The van der Waals surface area contributed by atoms with Crippen molar-refractivity contribution in [2.45, 2.75) is 31.7 Å². The highest BCUT2D eigenvalue weighted by Gasteiger charge is 2.57. The molecule has 1 aromatic carbocycles. The number of likely N-dealkylation sites (N-methyl/N-ethyl adjacent to an activating group) is 1. The molecule has 1 aromatic heterocycles. The van der Waals surface area contributed by atoms with Crippen LogP contribution >= 0.6 is 23.2 Å². The average Bonchev–Trinajstić information content (AvgIpc) is 3.03. The Morgan fingerprint density at radius 3 is 2.68 bits per heavy atom. The van der Waals surface area contributed by atoms with Crippen LogP contribution in [-0.4, -0.2) is 28.6 Å². The molecule has 2 amide bonds. The number of halogens is 2. The third kappa shape index (κ3) is 2.01. The molecule has 4 rings (SSSR count). The van der Waals surface area contributed by atoms with Crippen molar-refractivity contribution in [3.05, 3.63) is 39.5 Å². The topological polar surface area (TPSA) is 67.2 Å². The lowest BCUT2D eigenvalue weighted by molar-refractivity contribution is -0.126. The Kier molecular flexibility index (Phi) is 3.43. The van der Waals surface area contributed by atoms with Gasteiger partial charge in [0, 0.05) is 40.7 Å². The first-order valence-electron chi connectivity index (χ1n) is 7.93. The first-order chi connectivity index (χ1) is 11.8. The minimum atomic E-state index is -1.17. The lowest BCUT2D eigenvalue weighted by Crippen LogP contribution is -2.45. The highest BCUT2D eigenvalue weighted by molar-refractivity contribution is 6.37. The van der Waals surface area contributed by atoms with E-state index in [9.17, 15) is 9.59 Å².